The van der Waals surface area contributed by atoms with E-state index >= 15 is 0 Å². The van der Waals surface area contributed by atoms with Gasteiger partial charge >= 0.3 is 11.7 Å². The molecule has 29 heavy (non-hydrogen) atoms. The maximum Gasteiger partial charge on any atom is 0.412 e. The van der Waals surface area contributed by atoms with Gasteiger partial charge in [-0.3, -0.25) is 0 Å². The predicted molar refractivity (Wildman–Crippen MR) is 110 cm³/mol. The number of nitrogens with one attached hydrogen (secondary N) is 1. The molecule has 7 nitrogen and oxygen atoms in total. The second-order valence-corrected chi connectivity index (χ2v) is 6.68. The monoisotopic (exact) mass is 396 g/mol. The number of carbonyl (C=O) groups excluding carboxylic acids is 1. The van der Waals surface area contributed by atoms with E-state index in [1.54, 1.807) is 18.2 Å². The summed E-state index contributed by atoms with van der Waals surface area (Å²) < 4.78 is 16.1. The molecule has 0 atom stereocenters. The average molecular weight is 396 g/mol. The molecule has 1 amide bonds. The van der Waals surface area contributed by atoms with Crippen LogP contribution in [0.4, 0.5) is 4.79 Å². The van der Waals surface area contributed by atoms with E-state index in [0.717, 1.165) is 30.5 Å². The normalized spacial score (nSPS) is 10.9. The molecule has 1 heterocycles. The van der Waals surface area contributed by atoms with Crippen molar-refractivity contribution in [2.75, 3.05) is 27.2 Å². The molecule has 7 heteroatoms. The van der Waals surface area contributed by atoms with Gasteiger partial charge in [-0.2, -0.15) is 0 Å². The fraction of sp³-hybridized carbons (Fsp3) is 0.273. The van der Waals surface area contributed by atoms with E-state index in [4.69, 9.17) is 13.9 Å². The van der Waals surface area contributed by atoms with Crippen molar-refractivity contribution in [2.45, 2.75) is 13.0 Å². The first-order valence-electron chi connectivity index (χ1n) is 9.37. The third-order valence-corrected chi connectivity index (χ3v) is 4.31. The topological polar surface area (TPSA) is 81.0 Å². The first-order valence-corrected chi connectivity index (χ1v) is 9.37. The summed E-state index contributed by atoms with van der Waals surface area (Å²) in [5, 5.41) is 3.29. The van der Waals surface area contributed by atoms with Gasteiger partial charge in [0.2, 0.25) is 0 Å². The molecule has 3 aromatic rings. The minimum atomic E-state index is -0.486. The van der Waals surface area contributed by atoms with Gasteiger partial charge in [0.15, 0.2) is 0 Å². The highest BCUT2D eigenvalue weighted by Crippen LogP contribution is 2.19. The van der Waals surface area contributed by atoms with Crippen LogP contribution in [0.1, 0.15) is 12.0 Å². The third kappa shape index (κ3) is 6.08. The van der Waals surface area contributed by atoms with E-state index in [0.29, 0.717) is 23.7 Å². The summed E-state index contributed by atoms with van der Waals surface area (Å²) in [6.45, 7) is 2.11. The summed E-state index contributed by atoms with van der Waals surface area (Å²) in [6.07, 6.45) is 0.349. The van der Waals surface area contributed by atoms with Crippen LogP contribution in [0, 0.1) is 0 Å². The molecule has 0 spiro atoms. The zero-order valence-corrected chi connectivity index (χ0v) is 16.5. The third-order valence-electron chi connectivity index (χ3n) is 4.31. The van der Waals surface area contributed by atoms with Crippen molar-refractivity contribution >= 4 is 17.1 Å². The van der Waals surface area contributed by atoms with E-state index in [-0.39, 0.29) is 5.63 Å². The molecule has 0 bridgehead atoms. The number of ether oxygens (including phenoxy) is 2. The number of rotatable bonds is 8. The average Bonchev–Trinajstić information content (AvgIpc) is 2.71. The summed E-state index contributed by atoms with van der Waals surface area (Å²) in [7, 11) is 3.55. The van der Waals surface area contributed by atoms with Gasteiger partial charge in [0.25, 0.3) is 0 Å². The quantitative estimate of drug-likeness (QED) is 0.464. The molecule has 0 saturated carbocycles. The molecule has 0 aliphatic rings. The SMILES string of the molecule is CNC(=O)Oc1cccc(CN(C)CCCOc2ccc3ccc(=O)oc3c2)c1. The molecule has 0 radical (unpaired) electrons. The molecule has 0 aliphatic carbocycles. The lowest BCUT2D eigenvalue weighted by molar-refractivity contribution is 0.203. The minimum Gasteiger partial charge on any atom is -0.493 e. The van der Waals surface area contributed by atoms with Crippen molar-refractivity contribution in [3.05, 3.63) is 70.6 Å². The summed E-state index contributed by atoms with van der Waals surface area (Å²) >= 11 is 0. The maximum atomic E-state index is 11.3. The number of fused-ring (bicyclic) bond motifs is 1. The Balaban J connectivity index is 1.45. The number of benzene rings is 2. The highest BCUT2D eigenvalue weighted by atomic mass is 16.6. The molecule has 0 unspecified atom stereocenters. The number of amides is 1. The highest BCUT2D eigenvalue weighted by Gasteiger charge is 2.06. The molecule has 152 valence electrons. The predicted octanol–water partition coefficient (Wildman–Crippen LogP) is 3.41. The second kappa shape index (κ2) is 9.75. The Morgan fingerprint density at radius 2 is 1.93 bits per heavy atom. The van der Waals surface area contributed by atoms with E-state index in [2.05, 4.69) is 10.2 Å². The fourth-order valence-electron chi connectivity index (χ4n) is 2.91. The van der Waals surface area contributed by atoms with Gasteiger partial charge in [0, 0.05) is 37.7 Å². The van der Waals surface area contributed by atoms with Crippen LogP contribution in [0.15, 0.2) is 63.8 Å². The molecule has 0 fully saturated rings. The van der Waals surface area contributed by atoms with Crippen LogP contribution in [0.2, 0.25) is 0 Å². The van der Waals surface area contributed by atoms with Crippen molar-refractivity contribution in [1.29, 1.82) is 0 Å². The van der Waals surface area contributed by atoms with E-state index < -0.39 is 6.09 Å². The number of hydrogen-bond acceptors (Lipinski definition) is 6. The molecule has 3 rings (SSSR count). The van der Waals surface area contributed by atoms with Gasteiger partial charge in [-0.1, -0.05) is 12.1 Å². The lowest BCUT2D eigenvalue weighted by Gasteiger charge is -2.17. The Bertz CT molecular complexity index is 1030. The van der Waals surface area contributed by atoms with Crippen molar-refractivity contribution in [2.24, 2.45) is 0 Å². The molecular weight excluding hydrogens is 372 g/mol. The zero-order chi connectivity index (χ0) is 20.6. The second-order valence-electron chi connectivity index (χ2n) is 6.68. The van der Waals surface area contributed by atoms with E-state index in [1.165, 1.54) is 13.1 Å². The number of nitrogens with zero attached hydrogens (tertiary/aromatic N) is 1. The summed E-state index contributed by atoms with van der Waals surface area (Å²) in [4.78, 5) is 24.8. The zero-order valence-electron chi connectivity index (χ0n) is 16.5. The van der Waals surface area contributed by atoms with Crippen molar-refractivity contribution in [3.8, 4) is 11.5 Å². The van der Waals surface area contributed by atoms with Gasteiger partial charge in [-0.15, -0.1) is 0 Å². The molecule has 1 N–H and O–H groups in total. The van der Waals surface area contributed by atoms with E-state index in [9.17, 15) is 9.59 Å². The Labute approximate surface area is 168 Å². The van der Waals surface area contributed by atoms with Gasteiger partial charge in [0.05, 0.1) is 6.61 Å². The molecule has 0 saturated heterocycles. The Morgan fingerprint density at radius 1 is 1.10 bits per heavy atom. The Hall–Kier alpha value is -3.32. The molecule has 0 aliphatic heterocycles. The van der Waals surface area contributed by atoms with Crippen molar-refractivity contribution in [1.82, 2.24) is 10.2 Å². The fourth-order valence-corrected chi connectivity index (χ4v) is 2.91. The van der Waals surface area contributed by atoms with Crippen LogP contribution in [-0.2, 0) is 6.54 Å². The van der Waals surface area contributed by atoms with Crippen LogP contribution in [0.3, 0.4) is 0 Å². The van der Waals surface area contributed by atoms with Crippen molar-refractivity contribution in [3.63, 3.8) is 0 Å². The van der Waals surface area contributed by atoms with Crippen molar-refractivity contribution < 1.29 is 18.7 Å². The summed E-state index contributed by atoms with van der Waals surface area (Å²) in [6, 6.07) is 16.1. The lowest BCUT2D eigenvalue weighted by Crippen LogP contribution is -2.22. The van der Waals surface area contributed by atoms with Gasteiger partial charge in [0.1, 0.15) is 17.1 Å². The van der Waals surface area contributed by atoms with Gasteiger partial charge in [-0.05, 0) is 49.4 Å². The first-order chi connectivity index (χ1) is 14.0. The minimum absolute atomic E-state index is 0.374. The standard InChI is InChI=1S/C22H24N2O5/c1-23-22(26)28-19-6-3-5-16(13-19)15-24(2)11-4-12-27-18-9-7-17-8-10-21(25)29-20(17)14-18/h3,5-10,13-14H,4,11-12,15H2,1-2H3,(H,23,26). The molecule has 1 aromatic heterocycles. The number of hydrogen-bond donors (Lipinski definition) is 1. The van der Waals surface area contributed by atoms with Crippen LogP contribution in [0.5, 0.6) is 11.5 Å². The van der Waals surface area contributed by atoms with Crippen LogP contribution >= 0.6 is 0 Å². The largest absolute Gasteiger partial charge is 0.493 e. The smallest absolute Gasteiger partial charge is 0.412 e. The Kier molecular flexibility index (Phi) is 6.86. The molecule has 2 aromatic carbocycles. The highest BCUT2D eigenvalue weighted by molar-refractivity contribution is 5.77. The maximum absolute atomic E-state index is 11.3. The summed E-state index contributed by atoms with van der Waals surface area (Å²) in [5.41, 5.74) is 1.20. The lowest BCUT2D eigenvalue weighted by atomic mass is 10.2. The molecular formula is C22H24N2O5. The van der Waals surface area contributed by atoms with Gasteiger partial charge < -0.3 is 24.1 Å². The number of carbonyl (C=O) groups is 1. The van der Waals surface area contributed by atoms with Crippen LogP contribution < -0.4 is 20.4 Å². The van der Waals surface area contributed by atoms with Crippen LogP contribution in [0.25, 0.3) is 11.0 Å². The van der Waals surface area contributed by atoms with Crippen LogP contribution in [-0.4, -0.2) is 38.2 Å². The van der Waals surface area contributed by atoms with E-state index in [1.807, 2.05) is 37.4 Å². The van der Waals surface area contributed by atoms with Gasteiger partial charge in [-0.25, -0.2) is 9.59 Å². The first kappa shape index (κ1) is 20.4. The Morgan fingerprint density at radius 3 is 2.76 bits per heavy atom. The summed E-state index contributed by atoms with van der Waals surface area (Å²) in [5.74, 6) is 1.19.